The van der Waals surface area contributed by atoms with Crippen LogP contribution in [0.2, 0.25) is 0 Å². The maximum Gasteiger partial charge on any atom is 0.266 e. The number of nitrogens with one attached hydrogen (secondary N) is 1. The molecule has 1 aliphatic heterocycles. The fourth-order valence-electron chi connectivity index (χ4n) is 3.94. The summed E-state index contributed by atoms with van der Waals surface area (Å²) in [6, 6.07) is 17.4. The second kappa shape index (κ2) is 11.1. The largest absolute Gasteiger partial charge is 0.496 e. The van der Waals surface area contributed by atoms with Crippen molar-refractivity contribution in [3.63, 3.8) is 0 Å². The maximum atomic E-state index is 13.4. The van der Waals surface area contributed by atoms with Gasteiger partial charge in [0.2, 0.25) is 11.7 Å². The molecule has 196 valence electrons. The van der Waals surface area contributed by atoms with E-state index in [2.05, 4.69) is 21.2 Å². The highest BCUT2D eigenvalue weighted by molar-refractivity contribution is 9.10. The van der Waals surface area contributed by atoms with Gasteiger partial charge in [-0.2, -0.15) is 0 Å². The second-order valence-corrected chi connectivity index (χ2v) is 10.9. The van der Waals surface area contributed by atoms with Crippen molar-refractivity contribution in [3.05, 3.63) is 98.8 Å². The van der Waals surface area contributed by atoms with Gasteiger partial charge in [0.05, 0.1) is 22.2 Å². The lowest BCUT2D eigenvalue weighted by Gasteiger charge is -2.14. The van der Waals surface area contributed by atoms with Crippen LogP contribution in [-0.2, 0) is 9.59 Å². The number of rotatable bonds is 7. The molecule has 11 heteroatoms. The predicted octanol–water partition coefficient (Wildman–Crippen LogP) is 6.41. The van der Waals surface area contributed by atoms with Crippen molar-refractivity contribution in [3.8, 4) is 5.75 Å². The first-order chi connectivity index (χ1) is 18.7. The number of thiocarbonyl (C=S) groups is 1. The molecule has 0 saturated carbocycles. The quantitative estimate of drug-likeness (QED) is 0.144. The Bertz CT molecular complexity index is 1680. The molecular weight excluding hydrogens is 607 g/mol. The van der Waals surface area contributed by atoms with Crippen molar-refractivity contribution in [2.75, 3.05) is 19.0 Å². The van der Waals surface area contributed by atoms with Gasteiger partial charge in [0.1, 0.15) is 28.0 Å². The minimum Gasteiger partial charge on any atom is -0.496 e. The molecule has 0 bridgehead atoms. The zero-order valence-electron chi connectivity index (χ0n) is 20.2. The Morgan fingerprint density at radius 1 is 1.15 bits per heavy atom. The Morgan fingerprint density at radius 2 is 1.90 bits per heavy atom. The Morgan fingerprint density at radius 3 is 2.62 bits per heavy atom. The molecule has 0 radical (unpaired) electrons. The lowest BCUT2D eigenvalue weighted by molar-refractivity contribution is -0.126. The van der Waals surface area contributed by atoms with Crippen LogP contribution in [0, 0.1) is 5.82 Å². The van der Waals surface area contributed by atoms with E-state index in [1.165, 1.54) is 24.1 Å². The number of hydrogen-bond donors (Lipinski definition) is 1. The SMILES string of the molecule is COc1ccc(C(=O)c2oc3ccccc3c2NC(=O)CN2C(=O)/C(=C/c3ccc(F)cc3)SC2=S)cc1Br. The number of methoxy groups -OCH3 is 1. The summed E-state index contributed by atoms with van der Waals surface area (Å²) in [6.07, 6.45) is 1.59. The van der Waals surface area contributed by atoms with Crippen LogP contribution < -0.4 is 10.1 Å². The zero-order valence-corrected chi connectivity index (χ0v) is 23.4. The van der Waals surface area contributed by atoms with Crippen LogP contribution in [0.3, 0.4) is 0 Å². The number of benzene rings is 3. The standard InChI is InChI=1S/C28H18BrFN2O5S2/c1-36-21-11-8-16(13-19(21)29)25(34)26-24(18-4-2-3-5-20(18)37-26)31-23(33)14-32-27(35)22(39-28(32)38)12-15-6-9-17(30)10-7-15/h2-13H,14H2,1H3,(H,31,33)/b22-12-. The van der Waals surface area contributed by atoms with E-state index < -0.39 is 17.6 Å². The Kier molecular flexibility index (Phi) is 7.65. The van der Waals surface area contributed by atoms with Gasteiger partial charge in [-0.05, 0) is 70.0 Å². The first-order valence-electron chi connectivity index (χ1n) is 11.5. The number of furan rings is 1. The lowest BCUT2D eigenvalue weighted by atomic mass is 10.1. The summed E-state index contributed by atoms with van der Waals surface area (Å²) in [5, 5.41) is 3.28. The summed E-state index contributed by atoms with van der Waals surface area (Å²) < 4.78 is 25.1. The zero-order chi connectivity index (χ0) is 27.7. The molecule has 1 saturated heterocycles. The molecule has 0 atom stereocenters. The van der Waals surface area contributed by atoms with Gasteiger partial charge >= 0.3 is 0 Å². The topological polar surface area (TPSA) is 88.8 Å². The van der Waals surface area contributed by atoms with Crippen molar-refractivity contribution in [2.45, 2.75) is 0 Å². The number of ketones is 1. The first-order valence-corrected chi connectivity index (χ1v) is 13.5. The Balaban J connectivity index is 1.39. The average Bonchev–Trinajstić information content (AvgIpc) is 3.41. The van der Waals surface area contributed by atoms with E-state index in [-0.39, 0.29) is 28.1 Å². The number of thioether (sulfide) groups is 1. The number of amides is 2. The van der Waals surface area contributed by atoms with Crippen molar-refractivity contribution < 1.29 is 27.9 Å². The Labute approximate surface area is 240 Å². The molecule has 1 aromatic heterocycles. The van der Waals surface area contributed by atoms with Gasteiger partial charge in [0.15, 0.2) is 5.76 Å². The van der Waals surface area contributed by atoms with Crippen molar-refractivity contribution in [1.29, 1.82) is 0 Å². The van der Waals surface area contributed by atoms with Crippen LogP contribution in [0.4, 0.5) is 10.1 Å². The number of ether oxygens (including phenoxy) is 1. The van der Waals surface area contributed by atoms with E-state index in [9.17, 15) is 18.8 Å². The molecule has 2 heterocycles. The molecule has 1 N–H and O–H groups in total. The molecule has 1 aliphatic rings. The molecule has 4 aromatic rings. The average molecular weight is 625 g/mol. The third kappa shape index (κ3) is 5.51. The van der Waals surface area contributed by atoms with Gasteiger partial charge in [-0.15, -0.1) is 0 Å². The van der Waals surface area contributed by atoms with Crippen LogP contribution in [-0.4, -0.2) is 40.5 Å². The normalized spacial score (nSPS) is 14.3. The fraction of sp³-hybridized carbons (Fsp3) is 0.0714. The van der Waals surface area contributed by atoms with Crippen molar-refractivity contribution in [1.82, 2.24) is 4.90 Å². The molecule has 0 unspecified atom stereocenters. The minimum absolute atomic E-state index is 0.0526. The number of fused-ring (bicyclic) bond motifs is 1. The molecule has 0 aliphatic carbocycles. The monoisotopic (exact) mass is 624 g/mol. The van der Waals surface area contributed by atoms with Crippen LogP contribution >= 0.6 is 39.9 Å². The number of hydrogen-bond acceptors (Lipinski definition) is 7. The van der Waals surface area contributed by atoms with E-state index >= 15 is 0 Å². The van der Waals surface area contributed by atoms with Crippen LogP contribution in [0.5, 0.6) is 5.75 Å². The van der Waals surface area contributed by atoms with Gasteiger partial charge in [0, 0.05) is 10.9 Å². The molecule has 3 aromatic carbocycles. The molecule has 5 rings (SSSR count). The summed E-state index contributed by atoms with van der Waals surface area (Å²) in [5.41, 5.74) is 1.55. The number of carbonyl (C=O) groups is 3. The van der Waals surface area contributed by atoms with E-state index in [4.69, 9.17) is 21.4 Å². The van der Waals surface area contributed by atoms with Crippen molar-refractivity contribution >= 4 is 84.6 Å². The smallest absolute Gasteiger partial charge is 0.266 e. The molecule has 7 nitrogen and oxygen atoms in total. The summed E-state index contributed by atoms with van der Waals surface area (Å²) in [5.74, 6) is -1.34. The van der Waals surface area contributed by atoms with E-state index in [0.29, 0.717) is 37.2 Å². The Hall–Kier alpha value is -3.80. The van der Waals surface area contributed by atoms with Gasteiger partial charge in [-0.1, -0.05) is 48.2 Å². The van der Waals surface area contributed by atoms with Gasteiger partial charge < -0.3 is 14.5 Å². The summed E-state index contributed by atoms with van der Waals surface area (Å²) in [7, 11) is 1.52. The van der Waals surface area contributed by atoms with Gasteiger partial charge in [-0.25, -0.2) is 4.39 Å². The first kappa shape index (κ1) is 26.8. The van der Waals surface area contributed by atoms with Gasteiger partial charge in [0.25, 0.3) is 5.91 Å². The van der Waals surface area contributed by atoms with Crippen LogP contribution in [0.25, 0.3) is 17.0 Å². The highest BCUT2D eigenvalue weighted by Crippen LogP contribution is 2.35. The minimum atomic E-state index is -0.564. The molecule has 39 heavy (non-hydrogen) atoms. The highest BCUT2D eigenvalue weighted by atomic mass is 79.9. The summed E-state index contributed by atoms with van der Waals surface area (Å²) in [6.45, 7) is -0.368. The maximum absolute atomic E-state index is 13.4. The molecule has 1 fully saturated rings. The van der Waals surface area contributed by atoms with Crippen LogP contribution in [0.15, 0.2) is 80.5 Å². The van der Waals surface area contributed by atoms with Crippen molar-refractivity contribution in [2.24, 2.45) is 0 Å². The van der Waals surface area contributed by atoms with E-state index in [1.807, 2.05) is 0 Å². The van der Waals surface area contributed by atoms with E-state index in [1.54, 1.807) is 60.7 Å². The number of halogens is 2. The highest BCUT2D eigenvalue weighted by Gasteiger charge is 2.34. The number of para-hydroxylation sites is 1. The number of carbonyl (C=O) groups excluding carboxylic acids is 3. The molecule has 2 amide bonds. The second-order valence-electron chi connectivity index (χ2n) is 8.35. The molecular formula is C28H18BrFN2O5S2. The number of anilines is 1. The molecule has 0 spiro atoms. The third-order valence-electron chi connectivity index (χ3n) is 5.82. The van der Waals surface area contributed by atoms with Crippen LogP contribution in [0.1, 0.15) is 21.7 Å². The summed E-state index contributed by atoms with van der Waals surface area (Å²) >= 11 is 9.77. The fourth-order valence-corrected chi connectivity index (χ4v) is 5.73. The van der Waals surface area contributed by atoms with E-state index in [0.717, 1.165) is 11.8 Å². The third-order valence-corrected chi connectivity index (χ3v) is 7.82. The predicted molar refractivity (Wildman–Crippen MR) is 155 cm³/mol. The lowest BCUT2D eigenvalue weighted by Crippen LogP contribution is -2.36. The van der Waals surface area contributed by atoms with Gasteiger partial charge in [-0.3, -0.25) is 19.3 Å². The summed E-state index contributed by atoms with van der Waals surface area (Å²) in [4.78, 5) is 41.1. The number of nitrogens with zero attached hydrogens (tertiary/aromatic N) is 1.